The van der Waals surface area contributed by atoms with E-state index in [0.717, 1.165) is 31.6 Å². The smallest absolute Gasteiger partial charge is 0.110 e. The lowest BCUT2D eigenvalue weighted by atomic mass is 9.92. The molecule has 1 aromatic heterocycles. The maximum absolute atomic E-state index is 5.96. The minimum absolute atomic E-state index is 0.232. The molecule has 2 N–H and O–H groups in total. The first kappa shape index (κ1) is 13.2. The van der Waals surface area contributed by atoms with E-state index in [1.165, 1.54) is 0 Å². The molecule has 1 aromatic rings. The average Bonchev–Trinajstić information content (AvgIpc) is 2.61. The van der Waals surface area contributed by atoms with Gasteiger partial charge in [-0.15, -0.1) is 0 Å². The predicted molar refractivity (Wildman–Crippen MR) is 68.3 cm³/mol. The van der Waals surface area contributed by atoms with E-state index in [0.29, 0.717) is 5.41 Å². The van der Waals surface area contributed by atoms with E-state index in [2.05, 4.69) is 43.4 Å². The van der Waals surface area contributed by atoms with Gasteiger partial charge in [0, 0.05) is 31.4 Å². The molecule has 1 atom stereocenters. The van der Waals surface area contributed by atoms with Gasteiger partial charge in [-0.2, -0.15) is 0 Å². The van der Waals surface area contributed by atoms with Gasteiger partial charge in [0.1, 0.15) is 5.82 Å². The number of hydrogen-bond acceptors (Lipinski definition) is 2. The van der Waals surface area contributed by atoms with Crippen LogP contribution in [0.1, 0.15) is 46.4 Å². The van der Waals surface area contributed by atoms with Crippen LogP contribution in [0.15, 0.2) is 12.4 Å². The largest absolute Gasteiger partial charge is 0.335 e. The second-order valence-corrected chi connectivity index (χ2v) is 5.72. The molecule has 1 heterocycles. The lowest BCUT2D eigenvalue weighted by Gasteiger charge is -2.19. The molecular formula is C13H25N3. The van der Waals surface area contributed by atoms with Crippen molar-refractivity contribution in [2.24, 2.45) is 11.1 Å². The molecule has 0 fully saturated rings. The molecule has 3 nitrogen and oxygen atoms in total. The topological polar surface area (TPSA) is 43.8 Å². The van der Waals surface area contributed by atoms with Crippen molar-refractivity contribution in [1.29, 1.82) is 0 Å². The number of imidazole rings is 1. The molecule has 0 radical (unpaired) electrons. The molecule has 0 saturated carbocycles. The van der Waals surface area contributed by atoms with E-state index >= 15 is 0 Å². The average molecular weight is 223 g/mol. The Balaban J connectivity index is 2.57. The van der Waals surface area contributed by atoms with Crippen LogP contribution in [0.4, 0.5) is 0 Å². The van der Waals surface area contributed by atoms with Gasteiger partial charge in [-0.1, -0.05) is 27.7 Å². The van der Waals surface area contributed by atoms with Crippen LogP contribution in [0.3, 0.4) is 0 Å². The highest BCUT2D eigenvalue weighted by Crippen LogP contribution is 2.19. The fourth-order valence-electron chi connectivity index (χ4n) is 1.57. The van der Waals surface area contributed by atoms with Crippen LogP contribution in [0.2, 0.25) is 0 Å². The van der Waals surface area contributed by atoms with Crippen LogP contribution in [0, 0.1) is 5.41 Å². The number of nitrogens with two attached hydrogens (primary N) is 1. The van der Waals surface area contributed by atoms with Gasteiger partial charge in [0.25, 0.3) is 0 Å². The highest BCUT2D eigenvalue weighted by Gasteiger charge is 2.12. The molecule has 92 valence electrons. The van der Waals surface area contributed by atoms with E-state index in [4.69, 9.17) is 5.73 Å². The zero-order chi connectivity index (χ0) is 12.2. The Morgan fingerprint density at radius 2 is 2.12 bits per heavy atom. The Bertz CT molecular complexity index is 309. The van der Waals surface area contributed by atoms with E-state index in [9.17, 15) is 0 Å². The van der Waals surface area contributed by atoms with E-state index in [-0.39, 0.29) is 6.04 Å². The van der Waals surface area contributed by atoms with Crippen LogP contribution in [0.5, 0.6) is 0 Å². The molecule has 0 aliphatic heterocycles. The Morgan fingerprint density at radius 1 is 1.44 bits per heavy atom. The summed E-state index contributed by atoms with van der Waals surface area (Å²) in [5, 5.41) is 0. The standard InChI is InChI=1S/C13H25N3/c1-5-11(14)10-12-15-7-9-16(12)8-6-13(2,3)4/h7,9,11H,5-6,8,10,14H2,1-4H3. The molecule has 0 bridgehead atoms. The molecule has 1 unspecified atom stereocenters. The van der Waals surface area contributed by atoms with Crippen molar-refractivity contribution in [3.63, 3.8) is 0 Å². The quantitative estimate of drug-likeness (QED) is 0.834. The van der Waals surface area contributed by atoms with Crippen LogP contribution in [-0.2, 0) is 13.0 Å². The molecular weight excluding hydrogens is 198 g/mol. The Kier molecular flexibility index (Phi) is 4.54. The number of hydrogen-bond donors (Lipinski definition) is 1. The Morgan fingerprint density at radius 3 is 2.69 bits per heavy atom. The van der Waals surface area contributed by atoms with Crippen LogP contribution in [-0.4, -0.2) is 15.6 Å². The summed E-state index contributed by atoms with van der Waals surface area (Å²) < 4.78 is 2.24. The molecule has 0 amide bonds. The minimum Gasteiger partial charge on any atom is -0.335 e. The normalized spacial score (nSPS) is 14.1. The molecule has 3 heteroatoms. The molecule has 0 aliphatic rings. The number of nitrogens with zero attached hydrogens (tertiary/aromatic N) is 2. The van der Waals surface area contributed by atoms with Crippen molar-refractivity contribution in [2.75, 3.05) is 0 Å². The summed E-state index contributed by atoms with van der Waals surface area (Å²) in [6, 6.07) is 0.232. The van der Waals surface area contributed by atoms with Crippen molar-refractivity contribution in [2.45, 2.75) is 59.5 Å². The van der Waals surface area contributed by atoms with Crippen molar-refractivity contribution in [3.05, 3.63) is 18.2 Å². The minimum atomic E-state index is 0.232. The first-order valence-electron chi connectivity index (χ1n) is 6.18. The highest BCUT2D eigenvalue weighted by molar-refractivity contribution is 4.95. The molecule has 16 heavy (non-hydrogen) atoms. The molecule has 0 aliphatic carbocycles. The second kappa shape index (κ2) is 5.48. The third-order valence-electron chi connectivity index (χ3n) is 2.87. The monoisotopic (exact) mass is 223 g/mol. The lowest BCUT2D eigenvalue weighted by Crippen LogP contribution is -2.24. The highest BCUT2D eigenvalue weighted by atomic mass is 15.1. The van der Waals surface area contributed by atoms with Gasteiger partial charge < -0.3 is 10.3 Å². The third kappa shape index (κ3) is 4.35. The van der Waals surface area contributed by atoms with E-state index < -0.39 is 0 Å². The number of aromatic nitrogens is 2. The summed E-state index contributed by atoms with van der Waals surface area (Å²) in [5.41, 5.74) is 6.33. The van der Waals surface area contributed by atoms with Gasteiger partial charge >= 0.3 is 0 Å². The van der Waals surface area contributed by atoms with Gasteiger partial charge in [0.15, 0.2) is 0 Å². The van der Waals surface area contributed by atoms with Gasteiger partial charge in [0.05, 0.1) is 0 Å². The first-order valence-corrected chi connectivity index (χ1v) is 6.18. The van der Waals surface area contributed by atoms with Crippen LogP contribution in [0.25, 0.3) is 0 Å². The fraction of sp³-hybridized carbons (Fsp3) is 0.769. The van der Waals surface area contributed by atoms with E-state index in [1.807, 2.05) is 6.20 Å². The van der Waals surface area contributed by atoms with Gasteiger partial charge in [-0.3, -0.25) is 0 Å². The maximum atomic E-state index is 5.96. The van der Waals surface area contributed by atoms with Gasteiger partial charge in [-0.05, 0) is 18.3 Å². The van der Waals surface area contributed by atoms with Crippen molar-refractivity contribution < 1.29 is 0 Å². The lowest BCUT2D eigenvalue weighted by molar-refractivity contribution is 0.346. The number of aryl methyl sites for hydroxylation is 1. The fourth-order valence-corrected chi connectivity index (χ4v) is 1.57. The molecule has 0 saturated heterocycles. The summed E-state index contributed by atoms with van der Waals surface area (Å²) in [4.78, 5) is 4.39. The summed E-state index contributed by atoms with van der Waals surface area (Å²) in [6.45, 7) is 9.95. The molecule has 0 aromatic carbocycles. The Hall–Kier alpha value is -0.830. The number of rotatable bonds is 5. The maximum Gasteiger partial charge on any atom is 0.110 e. The molecule has 0 spiro atoms. The van der Waals surface area contributed by atoms with Crippen molar-refractivity contribution in [3.8, 4) is 0 Å². The second-order valence-electron chi connectivity index (χ2n) is 5.72. The Labute approximate surface area is 99.1 Å². The third-order valence-corrected chi connectivity index (χ3v) is 2.87. The summed E-state index contributed by atoms with van der Waals surface area (Å²) in [5.74, 6) is 1.12. The zero-order valence-corrected chi connectivity index (χ0v) is 11.0. The van der Waals surface area contributed by atoms with E-state index in [1.54, 1.807) is 0 Å². The van der Waals surface area contributed by atoms with Gasteiger partial charge in [0.2, 0.25) is 0 Å². The molecule has 1 rings (SSSR count). The first-order chi connectivity index (χ1) is 7.42. The van der Waals surface area contributed by atoms with Crippen LogP contribution < -0.4 is 5.73 Å². The van der Waals surface area contributed by atoms with Gasteiger partial charge in [-0.25, -0.2) is 4.98 Å². The predicted octanol–water partition coefficient (Wildman–Crippen LogP) is 2.60. The zero-order valence-electron chi connectivity index (χ0n) is 11.0. The summed E-state index contributed by atoms with van der Waals surface area (Å²) in [7, 11) is 0. The summed E-state index contributed by atoms with van der Waals surface area (Å²) >= 11 is 0. The van der Waals surface area contributed by atoms with Crippen molar-refractivity contribution in [1.82, 2.24) is 9.55 Å². The SMILES string of the molecule is CCC(N)Cc1nccn1CCC(C)(C)C. The van der Waals surface area contributed by atoms with Crippen LogP contribution >= 0.6 is 0 Å². The summed E-state index contributed by atoms with van der Waals surface area (Å²) in [6.07, 6.45) is 6.99. The van der Waals surface area contributed by atoms with Crippen molar-refractivity contribution >= 4 is 0 Å².